The highest BCUT2D eigenvalue weighted by atomic mass is 16.4. The molecule has 0 amide bonds. The van der Waals surface area contributed by atoms with Crippen molar-refractivity contribution in [2.75, 3.05) is 6.54 Å². The van der Waals surface area contributed by atoms with Gasteiger partial charge in [-0.25, -0.2) is 0 Å². The average Bonchev–Trinajstić information content (AvgIpc) is 3.91. The number of aliphatic hydroxyl groups excluding tert-OH is 2. The lowest BCUT2D eigenvalue weighted by Gasteiger charge is -2.46. The molecule has 2 heterocycles. The quantitative estimate of drug-likeness (QED) is 0.0366. The number of hydrogen-bond acceptors (Lipinski definition) is 8. The SMILES string of the molecule is CCCCC[C@H]1C=C[C@@H](CCCC[C@H]2CC[C@@H](c3cc(-c4ccccc4)c(-c4cc(O)cc(O)c4Cc4ccccc4)[nH]3)[C@H]3C[C@@H](CC4=CCNC(N)=C4)[C@@H]4C=C[C@@H](C[C@]34O)[C@H](O)[C@H]2C(=O)O)[C@H](O)C1. The second-order valence-corrected chi connectivity index (χ2v) is 21.6. The fourth-order valence-corrected chi connectivity index (χ4v) is 13.5. The third-order valence-corrected chi connectivity index (χ3v) is 17.1. The number of carboxylic acids is 1. The number of carboxylic acid groups (broad SMARTS) is 1. The van der Waals surface area contributed by atoms with Crippen molar-refractivity contribution in [3.8, 4) is 33.9 Å². The summed E-state index contributed by atoms with van der Waals surface area (Å²) in [6.45, 7) is 2.85. The van der Waals surface area contributed by atoms with Crippen molar-refractivity contribution in [2.45, 2.75) is 127 Å². The average molecular weight is 950 g/mol. The number of aromatic amines is 1. The zero-order chi connectivity index (χ0) is 48.9. The Morgan fingerprint density at radius 3 is 2.33 bits per heavy atom. The van der Waals surface area contributed by atoms with Gasteiger partial charge in [-0.3, -0.25) is 4.79 Å². The van der Waals surface area contributed by atoms with Crippen molar-refractivity contribution in [3.63, 3.8) is 0 Å². The number of aromatic hydroxyl groups is 2. The van der Waals surface area contributed by atoms with Gasteiger partial charge in [-0.15, -0.1) is 0 Å². The molecule has 372 valence electrons. The minimum Gasteiger partial charge on any atom is -0.508 e. The van der Waals surface area contributed by atoms with Crippen LogP contribution in [0, 0.1) is 47.3 Å². The Hall–Kier alpha value is -5.55. The number of aliphatic hydroxyl groups is 3. The van der Waals surface area contributed by atoms with E-state index in [1.54, 1.807) is 6.07 Å². The molecule has 2 fully saturated rings. The van der Waals surface area contributed by atoms with E-state index in [0.717, 1.165) is 72.2 Å². The number of H-pyrrole nitrogens is 1. The zero-order valence-corrected chi connectivity index (χ0v) is 40.8. The molecule has 4 aromatic rings. The molecule has 70 heavy (non-hydrogen) atoms. The first kappa shape index (κ1) is 49.4. The van der Waals surface area contributed by atoms with Crippen molar-refractivity contribution in [2.24, 2.45) is 53.1 Å². The van der Waals surface area contributed by atoms with Crippen molar-refractivity contribution in [1.82, 2.24) is 10.3 Å². The number of fused-ring (bicyclic) bond motifs is 1. The maximum absolute atomic E-state index is 13.5. The van der Waals surface area contributed by atoms with Gasteiger partial charge in [-0.1, -0.05) is 130 Å². The Morgan fingerprint density at radius 2 is 1.59 bits per heavy atom. The van der Waals surface area contributed by atoms with Crippen LogP contribution in [-0.4, -0.2) is 65.9 Å². The Labute approximate surface area is 414 Å². The second kappa shape index (κ2) is 21.8. The predicted molar refractivity (Wildman–Crippen MR) is 276 cm³/mol. The summed E-state index contributed by atoms with van der Waals surface area (Å²) >= 11 is 0. The molecule has 12 atom stereocenters. The molecule has 9 rings (SSSR count). The van der Waals surface area contributed by atoms with Crippen LogP contribution in [0.25, 0.3) is 22.4 Å². The molecule has 2 saturated carbocycles. The fourth-order valence-electron chi connectivity index (χ4n) is 13.5. The molecular formula is C60H75N3O7. The number of hydrogen-bond donors (Lipinski definition) is 9. The number of aromatic nitrogens is 1. The van der Waals surface area contributed by atoms with E-state index in [0.29, 0.717) is 61.5 Å². The molecule has 10 heteroatoms. The van der Waals surface area contributed by atoms with Crippen LogP contribution in [0.15, 0.2) is 127 Å². The smallest absolute Gasteiger partial charge is 0.309 e. The zero-order valence-electron chi connectivity index (χ0n) is 40.8. The number of unbranched alkanes of at least 4 members (excludes halogenated alkanes) is 3. The number of nitrogens with one attached hydrogen (secondary N) is 2. The molecule has 0 unspecified atom stereocenters. The van der Waals surface area contributed by atoms with E-state index in [9.17, 15) is 35.4 Å². The Morgan fingerprint density at radius 1 is 0.829 bits per heavy atom. The minimum absolute atomic E-state index is 0.00725. The van der Waals surface area contributed by atoms with Gasteiger partial charge >= 0.3 is 5.97 Å². The number of benzene rings is 3. The highest BCUT2D eigenvalue weighted by molar-refractivity contribution is 5.85. The standard InChI is InChI=1S/C60H75N3O7/c1-2-3-6-13-38-20-21-41(53(65)30-38)18-11-12-19-42-22-24-46(51-32-44(28-39-26-27-62-55(61)31-39)50-25-23-43(36-60(50,51)70)58(67)56(42)59(68)69)52-35-47(40-16-9-5-10-17-40)57(63-52)49-33-45(64)34-54(66)48(49)29-37-14-7-4-8-15-37/h4-5,7-10,14-17,20-21,23,25-26,31,33-35,38,41-44,46,50-51,53,56,58,62-67,70H,2-3,6,11-13,18-19,22,24,27-30,32,36,61H2,1H3,(H,68,69)/t38-,41+,42-,43-,44+,46+,50-,51+,53+,56-,58-,60+/m0/s1. The van der Waals surface area contributed by atoms with Crippen molar-refractivity contribution < 1.29 is 35.4 Å². The fraction of sp³-hybridized carbons (Fsp3) is 0.483. The Kier molecular flexibility index (Phi) is 15.4. The van der Waals surface area contributed by atoms with E-state index in [2.05, 4.69) is 59.7 Å². The second-order valence-electron chi connectivity index (χ2n) is 21.6. The number of phenols is 2. The monoisotopic (exact) mass is 950 g/mol. The van der Waals surface area contributed by atoms with Gasteiger partial charge in [0.2, 0.25) is 0 Å². The summed E-state index contributed by atoms with van der Waals surface area (Å²) in [7, 11) is 0. The molecule has 1 aliphatic heterocycles. The van der Waals surface area contributed by atoms with E-state index < -0.39 is 29.5 Å². The van der Waals surface area contributed by atoms with Gasteiger partial charge < -0.3 is 46.7 Å². The molecule has 4 aliphatic carbocycles. The van der Waals surface area contributed by atoms with E-state index in [-0.39, 0.29) is 59.5 Å². The molecular weight excluding hydrogens is 875 g/mol. The molecule has 5 aliphatic rings. The first-order chi connectivity index (χ1) is 33.9. The molecule has 0 radical (unpaired) electrons. The summed E-state index contributed by atoms with van der Waals surface area (Å²) in [5.74, 6) is -2.54. The molecule has 10 N–H and O–H groups in total. The maximum atomic E-state index is 13.5. The topological polar surface area (TPSA) is 192 Å². The third-order valence-electron chi connectivity index (χ3n) is 17.1. The number of allylic oxidation sites excluding steroid dienone is 3. The highest BCUT2D eigenvalue weighted by Crippen LogP contribution is 2.60. The minimum atomic E-state index is -1.25. The van der Waals surface area contributed by atoms with Crippen LogP contribution in [0.4, 0.5) is 0 Å². The number of carbonyl (C=O) groups is 1. The number of rotatable bonds is 17. The summed E-state index contributed by atoms with van der Waals surface area (Å²) in [6, 6.07) is 25.4. The summed E-state index contributed by atoms with van der Waals surface area (Å²) in [5, 5.41) is 73.9. The lowest BCUT2D eigenvalue weighted by atomic mass is 9.62. The first-order valence-electron chi connectivity index (χ1n) is 26.4. The van der Waals surface area contributed by atoms with Crippen LogP contribution in [-0.2, 0) is 11.2 Å². The van der Waals surface area contributed by atoms with Crippen LogP contribution in [0.2, 0.25) is 0 Å². The van der Waals surface area contributed by atoms with Gasteiger partial charge in [0.1, 0.15) is 11.5 Å². The molecule has 1 aromatic heterocycles. The van der Waals surface area contributed by atoms with E-state index in [4.69, 9.17) is 5.73 Å². The Balaban J connectivity index is 1.09. The van der Waals surface area contributed by atoms with Crippen LogP contribution < -0.4 is 11.1 Å². The van der Waals surface area contributed by atoms with Gasteiger partial charge in [0.05, 0.1) is 35.2 Å². The van der Waals surface area contributed by atoms with Gasteiger partial charge in [-0.05, 0) is 116 Å². The maximum Gasteiger partial charge on any atom is 0.309 e. The van der Waals surface area contributed by atoms with Crippen molar-refractivity contribution in [3.05, 3.63) is 144 Å². The molecule has 2 bridgehead atoms. The lowest BCUT2D eigenvalue weighted by Crippen LogP contribution is -2.50. The van der Waals surface area contributed by atoms with Crippen molar-refractivity contribution in [1.29, 1.82) is 0 Å². The van der Waals surface area contributed by atoms with E-state index in [1.165, 1.54) is 25.3 Å². The van der Waals surface area contributed by atoms with E-state index >= 15 is 0 Å². The summed E-state index contributed by atoms with van der Waals surface area (Å²) < 4.78 is 0. The van der Waals surface area contributed by atoms with Gasteiger partial charge in [0.15, 0.2) is 0 Å². The summed E-state index contributed by atoms with van der Waals surface area (Å²) in [6.07, 6.45) is 22.9. The van der Waals surface area contributed by atoms with E-state index in [1.807, 2.05) is 60.7 Å². The number of dihydropyridines is 1. The molecule has 0 saturated heterocycles. The lowest BCUT2D eigenvalue weighted by molar-refractivity contribution is -0.153. The van der Waals surface area contributed by atoms with Crippen molar-refractivity contribution >= 4 is 5.97 Å². The largest absolute Gasteiger partial charge is 0.508 e. The third kappa shape index (κ3) is 10.7. The van der Waals surface area contributed by atoms with Gasteiger partial charge in [-0.2, -0.15) is 0 Å². The van der Waals surface area contributed by atoms with Gasteiger partial charge in [0.25, 0.3) is 0 Å². The molecule has 10 nitrogen and oxygen atoms in total. The first-order valence-corrected chi connectivity index (χ1v) is 26.4. The molecule has 0 spiro atoms. The van der Waals surface area contributed by atoms with Crippen LogP contribution >= 0.6 is 0 Å². The normalized spacial score (nSPS) is 30.6. The predicted octanol–water partition coefficient (Wildman–Crippen LogP) is 10.9. The summed E-state index contributed by atoms with van der Waals surface area (Å²) in [5.41, 5.74) is 12.0. The van der Waals surface area contributed by atoms with Gasteiger partial charge in [0, 0.05) is 65.1 Å². The Bertz CT molecular complexity index is 2550. The highest BCUT2D eigenvalue weighted by Gasteiger charge is 2.59. The molecule has 3 aromatic carbocycles. The number of phenolic OH excluding ortho intramolecular Hbond substituents is 2. The number of nitrogens with two attached hydrogens (primary N) is 1. The van der Waals surface area contributed by atoms with Crippen LogP contribution in [0.3, 0.4) is 0 Å². The van der Waals surface area contributed by atoms with Crippen LogP contribution in [0.5, 0.6) is 11.5 Å². The van der Waals surface area contributed by atoms with Crippen LogP contribution in [0.1, 0.15) is 120 Å². The summed E-state index contributed by atoms with van der Waals surface area (Å²) in [4.78, 5) is 17.4. The number of aliphatic carboxylic acids is 1.